The summed E-state index contributed by atoms with van der Waals surface area (Å²) >= 11 is 1.42. The molecule has 3 unspecified atom stereocenters. The summed E-state index contributed by atoms with van der Waals surface area (Å²) in [4.78, 5) is 30.3. The molecule has 0 fully saturated rings. The van der Waals surface area contributed by atoms with Gasteiger partial charge in [-0.15, -0.1) is 11.3 Å². The maximum Gasteiger partial charge on any atom is 0.412 e. The number of nitrogens with zero attached hydrogens (tertiary/aromatic N) is 1. The number of aliphatic hydroxyl groups excluding tert-OH is 2. The van der Waals surface area contributed by atoms with Gasteiger partial charge in [-0.1, -0.05) is 33.8 Å². The van der Waals surface area contributed by atoms with Crippen LogP contribution in [-0.4, -0.2) is 51.4 Å². The van der Waals surface area contributed by atoms with E-state index in [4.69, 9.17) is 4.74 Å². The smallest absolute Gasteiger partial charge is 0.412 e. The van der Waals surface area contributed by atoms with Crippen molar-refractivity contribution >= 4 is 29.2 Å². The highest BCUT2D eigenvalue weighted by Gasteiger charge is 2.42. The molecule has 2 N–H and O–H groups in total. The standard InChI is InChI=1S/C27H38F3NO5S/c1-15-8-7-9-19(27(28,29)30)10-11-21(16(2)12-20-14-37-18(4)31-20)36-23(33)13-22(32)26(5,6)25(35)17(3)24(15)34/h10,12,14-15,17,21-22,24,32,34H,7-9,11,13H2,1-6H3/b16-12+,19-10+/t15?,17-,21?,22+,24?/m1/s1. The maximum atomic E-state index is 13.8. The minimum Gasteiger partial charge on any atom is -0.457 e. The molecule has 0 aliphatic carbocycles. The molecule has 2 heterocycles. The van der Waals surface area contributed by atoms with Gasteiger partial charge in [0, 0.05) is 23.3 Å². The average Bonchev–Trinajstić information content (AvgIpc) is 3.21. The third-order valence-electron chi connectivity index (χ3n) is 7.18. The van der Waals surface area contributed by atoms with Gasteiger partial charge in [-0.2, -0.15) is 13.2 Å². The minimum atomic E-state index is -4.56. The van der Waals surface area contributed by atoms with Crippen molar-refractivity contribution in [2.24, 2.45) is 17.3 Å². The summed E-state index contributed by atoms with van der Waals surface area (Å²) in [5.41, 5.74) is -0.966. The number of carbonyl (C=O) groups excluding carboxylic acids is 2. The summed E-state index contributed by atoms with van der Waals surface area (Å²) < 4.78 is 46.9. The fraction of sp³-hybridized carbons (Fsp3) is 0.667. The zero-order chi connectivity index (χ0) is 28.1. The molecule has 6 nitrogen and oxygen atoms in total. The quantitative estimate of drug-likeness (QED) is 0.360. The van der Waals surface area contributed by atoms with Crippen molar-refractivity contribution in [2.75, 3.05) is 0 Å². The van der Waals surface area contributed by atoms with E-state index in [9.17, 15) is 33.0 Å². The van der Waals surface area contributed by atoms with Gasteiger partial charge in [0.05, 0.1) is 34.7 Å². The molecule has 1 aromatic rings. The number of carbonyl (C=O) groups is 2. The number of esters is 1. The highest BCUT2D eigenvalue weighted by atomic mass is 32.1. The molecule has 1 aliphatic heterocycles. The molecule has 0 aromatic carbocycles. The first-order valence-corrected chi connectivity index (χ1v) is 13.4. The number of Topliss-reactive ketones (excluding diaryl/α,β-unsaturated/α-hetero) is 1. The van der Waals surface area contributed by atoms with Crippen LogP contribution in [-0.2, 0) is 14.3 Å². The van der Waals surface area contributed by atoms with E-state index < -0.39 is 65.5 Å². The molecule has 0 radical (unpaired) electrons. The van der Waals surface area contributed by atoms with Gasteiger partial charge in [0.25, 0.3) is 0 Å². The number of aromatic nitrogens is 1. The zero-order valence-electron chi connectivity index (χ0n) is 22.3. The van der Waals surface area contributed by atoms with Crippen LogP contribution in [0.4, 0.5) is 13.2 Å². The molecule has 1 aliphatic rings. The highest BCUT2D eigenvalue weighted by molar-refractivity contribution is 7.09. The molecule has 5 atom stereocenters. The van der Waals surface area contributed by atoms with E-state index in [1.54, 1.807) is 25.3 Å². The van der Waals surface area contributed by atoms with Gasteiger partial charge in [-0.3, -0.25) is 9.59 Å². The number of ether oxygens (including phenoxy) is 1. The molecule has 10 heteroatoms. The number of cyclic esters (lactones) is 1. The van der Waals surface area contributed by atoms with Gasteiger partial charge in [-0.05, 0) is 50.7 Å². The van der Waals surface area contributed by atoms with Crippen LogP contribution in [0.1, 0.15) is 77.4 Å². The van der Waals surface area contributed by atoms with Crippen molar-refractivity contribution in [2.45, 2.75) is 98.1 Å². The van der Waals surface area contributed by atoms with Crippen LogP contribution in [0, 0.1) is 24.2 Å². The van der Waals surface area contributed by atoms with E-state index in [0.717, 1.165) is 11.1 Å². The topological polar surface area (TPSA) is 96.7 Å². The molecule has 2 rings (SSSR count). The minimum absolute atomic E-state index is 0.161. The summed E-state index contributed by atoms with van der Waals surface area (Å²) in [6, 6.07) is 0. The van der Waals surface area contributed by atoms with Gasteiger partial charge in [0.1, 0.15) is 11.9 Å². The second kappa shape index (κ2) is 12.7. The first-order valence-electron chi connectivity index (χ1n) is 12.5. The molecule has 37 heavy (non-hydrogen) atoms. The van der Waals surface area contributed by atoms with Crippen LogP contribution in [0.2, 0.25) is 0 Å². The van der Waals surface area contributed by atoms with Crippen molar-refractivity contribution in [3.63, 3.8) is 0 Å². The highest BCUT2D eigenvalue weighted by Crippen LogP contribution is 2.35. The van der Waals surface area contributed by atoms with Crippen LogP contribution in [0.3, 0.4) is 0 Å². The van der Waals surface area contributed by atoms with Gasteiger partial charge in [0.15, 0.2) is 0 Å². The molecule has 0 saturated carbocycles. The van der Waals surface area contributed by atoms with E-state index in [1.807, 2.05) is 6.92 Å². The largest absolute Gasteiger partial charge is 0.457 e. The summed E-state index contributed by atoms with van der Waals surface area (Å²) in [5, 5.41) is 24.1. The number of allylic oxidation sites excluding steroid dienone is 1. The number of ketones is 1. The number of thiazole rings is 1. The Hall–Kier alpha value is -2.04. The fourth-order valence-corrected chi connectivity index (χ4v) is 5.08. The van der Waals surface area contributed by atoms with Gasteiger partial charge < -0.3 is 14.9 Å². The van der Waals surface area contributed by atoms with Crippen LogP contribution < -0.4 is 0 Å². The van der Waals surface area contributed by atoms with Gasteiger partial charge >= 0.3 is 12.1 Å². The Morgan fingerprint density at radius 1 is 1.24 bits per heavy atom. The molecule has 1 aromatic heterocycles. The Labute approximate surface area is 220 Å². The van der Waals surface area contributed by atoms with Crippen molar-refractivity contribution in [3.05, 3.63) is 33.3 Å². The van der Waals surface area contributed by atoms with Crippen molar-refractivity contribution in [1.29, 1.82) is 0 Å². The molecule has 0 amide bonds. The van der Waals surface area contributed by atoms with Crippen LogP contribution in [0.5, 0.6) is 0 Å². The monoisotopic (exact) mass is 545 g/mol. The number of hydrogen-bond donors (Lipinski definition) is 2. The van der Waals surface area contributed by atoms with Gasteiger partial charge in [-0.25, -0.2) is 4.98 Å². The first-order chi connectivity index (χ1) is 17.0. The number of halogens is 3. The Morgan fingerprint density at radius 2 is 1.89 bits per heavy atom. The molecule has 0 bridgehead atoms. The van der Waals surface area contributed by atoms with Crippen molar-refractivity contribution < 1.29 is 37.7 Å². The van der Waals surface area contributed by atoms with E-state index in [-0.39, 0.29) is 25.7 Å². The third kappa shape index (κ3) is 8.48. The predicted octanol–water partition coefficient (Wildman–Crippen LogP) is 5.81. The lowest BCUT2D eigenvalue weighted by Crippen LogP contribution is -2.45. The summed E-state index contributed by atoms with van der Waals surface area (Å²) in [5.74, 6) is -2.57. The Bertz CT molecular complexity index is 1010. The van der Waals surface area contributed by atoms with E-state index in [0.29, 0.717) is 11.3 Å². The van der Waals surface area contributed by atoms with Crippen LogP contribution in [0.15, 0.2) is 22.6 Å². The van der Waals surface area contributed by atoms with Crippen LogP contribution in [0.25, 0.3) is 6.08 Å². The van der Waals surface area contributed by atoms with E-state index in [1.165, 1.54) is 32.1 Å². The van der Waals surface area contributed by atoms with E-state index in [2.05, 4.69) is 4.98 Å². The first kappa shape index (κ1) is 31.2. The number of rotatable bonds is 2. The number of aliphatic hydroxyl groups is 2. The molecule has 0 spiro atoms. The Kier molecular flexibility index (Phi) is 10.7. The SMILES string of the molecule is C/C(=C\c1csc(C)n1)C1C/C=C(/C(F)(F)F)CCCC(C)C(O)[C@@H](C)C(=O)C(C)(C)[C@@H](O)CC(=O)O1. The Morgan fingerprint density at radius 3 is 2.46 bits per heavy atom. The number of aryl methyl sites for hydroxylation is 1. The molecular formula is C27H38F3NO5S. The Balaban J connectivity index is 2.45. The molecular weight excluding hydrogens is 507 g/mol. The second-order valence-corrected chi connectivity index (χ2v) is 11.6. The third-order valence-corrected chi connectivity index (χ3v) is 7.97. The average molecular weight is 546 g/mol. The molecule has 208 valence electrons. The lowest BCUT2D eigenvalue weighted by atomic mass is 9.73. The summed E-state index contributed by atoms with van der Waals surface area (Å²) in [6.07, 6.45) is -5.89. The van der Waals surface area contributed by atoms with Gasteiger partial charge in [0.2, 0.25) is 0 Å². The lowest BCUT2D eigenvalue weighted by molar-refractivity contribution is -0.154. The van der Waals surface area contributed by atoms with Crippen molar-refractivity contribution in [3.8, 4) is 0 Å². The fourth-order valence-electron chi connectivity index (χ4n) is 4.51. The second-order valence-electron chi connectivity index (χ2n) is 10.6. The summed E-state index contributed by atoms with van der Waals surface area (Å²) in [7, 11) is 0. The normalized spacial score (nSPS) is 30.9. The molecule has 0 saturated heterocycles. The predicted molar refractivity (Wildman–Crippen MR) is 137 cm³/mol. The summed E-state index contributed by atoms with van der Waals surface area (Å²) in [6.45, 7) is 9.73. The zero-order valence-corrected chi connectivity index (χ0v) is 23.1. The van der Waals surface area contributed by atoms with E-state index >= 15 is 0 Å². The van der Waals surface area contributed by atoms with Crippen LogP contribution >= 0.6 is 11.3 Å². The number of hydrogen-bond acceptors (Lipinski definition) is 7. The number of alkyl halides is 3. The lowest BCUT2D eigenvalue weighted by Gasteiger charge is -2.34. The maximum absolute atomic E-state index is 13.8. The van der Waals surface area contributed by atoms with Crippen molar-refractivity contribution in [1.82, 2.24) is 4.98 Å².